The Bertz CT molecular complexity index is 570. The first kappa shape index (κ1) is 16.5. The first-order valence-corrected chi connectivity index (χ1v) is 6.97. The van der Waals surface area contributed by atoms with Gasteiger partial charge in [-0.1, -0.05) is 12.1 Å². The van der Waals surface area contributed by atoms with Crippen LogP contribution < -0.4 is 0 Å². The maximum Gasteiger partial charge on any atom is 0.401 e. The Morgan fingerprint density at radius 2 is 2.05 bits per heavy atom. The van der Waals surface area contributed by atoms with Gasteiger partial charge in [-0.05, 0) is 30.2 Å². The second-order valence-corrected chi connectivity index (χ2v) is 5.02. The van der Waals surface area contributed by atoms with Crippen molar-refractivity contribution in [3.63, 3.8) is 0 Å². The smallest absolute Gasteiger partial charge is 0.396 e. The number of aliphatic hydroxyl groups excluding tert-OH is 1. The van der Waals surface area contributed by atoms with Gasteiger partial charge in [0.1, 0.15) is 0 Å². The van der Waals surface area contributed by atoms with E-state index < -0.39 is 12.7 Å². The summed E-state index contributed by atoms with van der Waals surface area (Å²) >= 11 is 0. The zero-order valence-electron chi connectivity index (χ0n) is 12.0. The summed E-state index contributed by atoms with van der Waals surface area (Å²) in [5, 5.41) is 12.9. The van der Waals surface area contributed by atoms with E-state index in [1.807, 2.05) is 12.1 Å². The molecule has 0 unspecified atom stereocenters. The largest absolute Gasteiger partial charge is 0.401 e. The summed E-state index contributed by atoms with van der Waals surface area (Å²) in [6.45, 7) is -0.739. The number of alkyl halides is 3. The lowest BCUT2D eigenvalue weighted by atomic mass is 10.2. The van der Waals surface area contributed by atoms with Gasteiger partial charge in [-0.2, -0.15) is 18.3 Å². The van der Waals surface area contributed by atoms with Gasteiger partial charge in [-0.15, -0.1) is 0 Å². The molecule has 7 heteroatoms. The monoisotopic (exact) mass is 313 g/mol. The van der Waals surface area contributed by atoms with Crippen LogP contribution in [0.15, 0.2) is 42.7 Å². The van der Waals surface area contributed by atoms with E-state index in [2.05, 4.69) is 5.10 Å². The molecule has 0 atom stereocenters. The fraction of sp³-hybridized carbons (Fsp3) is 0.400. The van der Waals surface area contributed by atoms with Crippen LogP contribution in [-0.4, -0.2) is 45.7 Å². The highest BCUT2D eigenvalue weighted by Gasteiger charge is 2.30. The Hall–Kier alpha value is -1.86. The fourth-order valence-corrected chi connectivity index (χ4v) is 2.24. The second-order valence-electron chi connectivity index (χ2n) is 5.02. The molecule has 0 aliphatic rings. The molecule has 0 aliphatic carbocycles. The first-order valence-electron chi connectivity index (χ1n) is 6.97. The van der Waals surface area contributed by atoms with Crippen LogP contribution in [0, 0.1) is 0 Å². The van der Waals surface area contributed by atoms with Crippen molar-refractivity contribution in [1.82, 2.24) is 14.7 Å². The van der Waals surface area contributed by atoms with Gasteiger partial charge in [-0.25, -0.2) is 4.68 Å². The molecule has 1 aromatic heterocycles. The lowest BCUT2D eigenvalue weighted by Crippen LogP contribution is -2.34. The Kier molecular flexibility index (Phi) is 5.57. The van der Waals surface area contributed by atoms with Crippen LogP contribution in [0.1, 0.15) is 12.0 Å². The lowest BCUT2D eigenvalue weighted by molar-refractivity contribution is -0.147. The van der Waals surface area contributed by atoms with Crippen LogP contribution in [0.4, 0.5) is 13.2 Å². The summed E-state index contributed by atoms with van der Waals surface area (Å²) in [5.41, 5.74) is 1.58. The third-order valence-corrected chi connectivity index (χ3v) is 3.12. The summed E-state index contributed by atoms with van der Waals surface area (Å²) in [5.74, 6) is 0. The number of halogens is 3. The molecule has 0 bridgehead atoms. The summed E-state index contributed by atoms with van der Waals surface area (Å²) in [6.07, 6.45) is -0.522. The van der Waals surface area contributed by atoms with Crippen LogP contribution in [0.2, 0.25) is 0 Å². The minimum atomic E-state index is -4.25. The minimum Gasteiger partial charge on any atom is -0.396 e. The van der Waals surface area contributed by atoms with Crippen molar-refractivity contribution in [3.8, 4) is 5.69 Å². The SMILES string of the molecule is OCCCN(Cc1cccc(-n2cccn2)c1)CC(F)(F)F. The highest BCUT2D eigenvalue weighted by atomic mass is 19.4. The summed E-state index contributed by atoms with van der Waals surface area (Å²) in [7, 11) is 0. The van der Waals surface area contributed by atoms with E-state index in [9.17, 15) is 13.2 Å². The summed E-state index contributed by atoms with van der Waals surface area (Å²) in [4.78, 5) is 1.29. The molecule has 4 nitrogen and oxygen atoms in total. The average Bonchev–Trinajstić information content (AvgIpc) is 2.97. The zero-order valence-corrected chi connectivity index (χ0v) is 12.0. The van der Waals surface area contributed by atoms with Crippen molar-refractivity contribution >= 4 is 0 Å². The average molecular weight is 313 g/mol. The van der Waals surface area contributed by atoms with Gasteiger partial charge in [0.15, 0.2) is 0 Å². The molecule has 1 heterocycles. The van der Waals surface area contributed by atoms with E-state index in [4.69, 9.17) is 5.11 Å². The van der Waals surface area contributed by atoms with Crippen LogP contribution >= 0.6 is 0 Å². The molecule has 0 aliphatic heterocycles. The van der Waals surface area contributed by atoms with Crippen LogP contribution in [0.3, 0.4) is 0 Å². The number of nitrogens with zero attached hydrogens (tertiary/aromatic N) is 3. The molecule has 0 fully saturated rings. The van der Waals surface area contributed by atoms with E-state index in [1.165, 1.54) is 4.90 Å². The topological polar surface area (TPSA) is 41.3 Å². The van der Waals surface area contributed by atoms with Crippen molar-refractivity contribution in [2.24, 2.45) is 0 Å². The van der Waals surface area contributed by atoms with Crippen LogP contribution in [0.25, 0.3) is 5.69 Å². The van der Waals surface area contributed by atoms with Crippen molar-refractivity contribution in [3.05, 3.63) is 48.3 Å². The number of hydrogen-bond donors (Lipinski definition) is 1. The molecule has 0 amide bonds. The normalized spacial score (nSPS) is 12.0. The molecule has 2 rings (SSSR count). The lowest BCUT2D eigenvalue weighted by Gasteiger charge is -2.23. The van der Waals surface area contributed by atoms with Crippen molar-refractivity contribution in [1.29, 1.82) is 0 Å². The molecule has 1 aromatic carbocycles. The quantitative estimate of drug-likeness (QED) is 0.854. The van der Waals surface area contributed by atoms with Gasteiger partial charge >= 0.3 is 6.18 Å². The summed E-state index contributed by atoms with van der Waals surface area (Å²) < 4.78 is 39.5. The van der Waals surface area contributed by atoms with Gasteiger partial charge in [0.25, 0.3) is 0 Å². The third-order valence-electron chi connectivity index (χ3n) is 3.12. The Morgan fingerprint density at radius 3 is 2.68 bits per heavy atom. The minimum absolute atomic E-state index is 0.123. The summed E-state index contributed by atoms with van der Waals surface area (Å²) in [6, 6.07) is 9.02. The standard InChI is InChI=1S/C15H18F3N3O/c16-15(17,18)12-20(7-3-9-22)11-13-4-1-5-14(10-13)21-8-2-6-19-21/h1-2,4-6,8,10,22H,3,7,9,11-12H2. The number of hydrogen-bond acceptors (Lipinski definition) is 3. The molecule has 0 spiro atoms. The highest BCUT2D eigenvalue weighted by Crippen LogP contribution is 2.19. The van der Waals surface area contributed by atoms with E-state index >= 15 is 0 Å². The Balaban J connectivity index is 2.10. The maximum absolute atomic E-state index is 12.6. The van der Waals surface area contributed by atoms with E-state index in [-0.39, 0.29) is 19.7 Å². The molecule has 120 valence electrons. The molecule has 2 aromatic rings. The number of benzene rings is 1. The van der Waals surface area contributed by atoms with Gasteiger partial charge < -0.3 is 5.11 Å². The molecule has 22 heavy (non-hydrogen) atoms. The molecule has 0 radical (unpaired) electrons. The zero-order chi connectivity index (χ0) is 16.0. The Morgan fingerprint density at radius 1 is 1.23 bits per heavy atom. The van der Waals surface area contributed by atoms with E-state index in [1.54, 1.807) is 35.3 Å². The molecule has 0 saturated carbocycles. The van der Waals surface area contributed by atoms with E-state index in [0.29, 0.717) is 6.42 Å². The first-order chi connectivity index (χ1) is 10.5. The van der Waals surface area contributed by atoms with Crippen LogP contribution in [-0.2, 0) is 6.54 Å². The number of aliphatic hydroxyl groups is 1. The highest BCUT2D eigenvalue weighted by molar-refractivity contribution is 5.35. The predicted octanol–water partition coefficient (Wildman–Crippen LogP) is 2.62. The van der Waals surface area contributed by atoms with E-state index in [0.717, 1.165) is 11.3 Å². The van der Waals surface area contributed by atoms with Gasteiger partial charge in [0.2, 0.25) is 0 Å². The molecule has 0 saturated heterocycles. The molecular formula is C15H18F3N3O. The number of rotatable bonds is 7. The fourth-order valence-electron chi connectivity index (χ4n) is 2.24. The number of aromatic nitrogens is 2. The van der Waals surface area contributed by atoms with Crippen molar-refractivity contribution in [2.45, 2.75) is 19.1 Å². The predicted molar refractivity (Wildman–Crippen MR) is 76.6 cm³/mol. The third kappa shape index (κ3) is 5.16. The Labute approximate surface area is 126 Å². The second kappa shape index (κ2) is 7.42. The van der Waals surface area contributed by atoms with Gasteiger partial charge in [-0.3, -0.25) is 4.90 Å². The molecular weight excluding hydrogens is 295 g/mol. The van der Waals surface area contributed by atoms with Crippen LogP contribution in [0.5, 0.6) is 0 Å². The van der Waals surface area contributed by atoms with Crippen molar-refractivity contribution < 1.29 is 18.3 Å². The van der Waals surface area contributed by atoms with Gasteiger partial charge in [0.05, 0.1) is 12.2 Å². The maximum atomic E-state index is 12.6. The van der Waals surface area contributed by atoms with Crippen molar-refractivity contribution in [2.75, 3.05) is 19.7 Å². The van der Waals surface area contributed by atoms with Gasteiger partial charge in [0, 0.05) is 32.1 Å². The molecule has 1 N–H and O–H groups in total.